The molecule has 0 aliphatic carbocycles. The summed E-state index contributed by atoms with van der Waals surface area (Å²) < 4.78 is 30.7. The number of carbonyl (C=O) groups is 1. The number of benzene rings is 1. The zero-order chi connectivity index (χ0) is 10.7. The van der Waals surface area contributed by atoms with Crippen LogP contribution in [0, 0.1) is 11.6 Å². The number of hydrogen-bond donors (Lipinski definition) is 1. The Kier molecular flexibility index (Phi) is 3.40. The van der Waals surface area contributed by atoms with E-state index in [1.807, 2.05) is 0 Å². The molecule has 0 bridgehead atoms. The molecule has 0 saturated carbocycles. The van der Waals surface area contributed by atoms with Gasteiger partial charge in [0.05, 0.1) is 17.3 Å². The maximum Gasteiger partial charge on any atom is 0.211 e. The number of rotatable bonds is 3. The topological polar surface area (TPSA) is 38.3 Å². The summed E-state index contributed by atoms with van der Waals surface area (Å²) in [5.41, 5.74) is 0.0632. The van der Waals surface area contributed by atoms with Gasteiger partial charge in [0, 0.05) is 0 Å². The standard InChI is InChI=1S/C8H6BrF2NO2/c1-14-8-5(12-3-13)2-4(9)6(10)7(8)11/h2-3H,1H3,(H,12,13). The molecule has 0 aromatic heterocycles. The van der Waals surface area contributed by atoms with E-state index in [2.05, 4.69) is 26.0 Å². The Morgan fingerprint density at radius 2 is 2.14 bits per heavy atom. The average Bonchev–Trinajstić information content (AvgIpc) is 2.16. The second-order valence-corrected chi connectivity index (χ2v) is 3.18. The van der Waals surface area contributed by atoms with E-state index in [4.69, 9.17) is 0 Å². The van der Waals surface area contributed by atoms with Crippen molar-refractivity contribution in [2.24, 2.45) is 0 Å². The summed E-state index contributed by atoms with van der Waals surface area (Å²) >= 11 is 2.80. The lowest BCUT2D eigenvalue weighted by molar-refractivity contribution is -0.105. The highest BCUT2D eigenvalue weighted by molar-refractivity contribution is 9.10. The second-order valence-electron chi connectivity index (χ2n) is 2.33. The number of ether oxygens (including phenoxy) is 1. The van der Waals surface area contributed by atoms with E-state index in [0.717, 1.165) is 0 Å². The molecule has 6 heteroatoms. The first-order valence-corrected chi connectivity index (χ1v) is 4.32. The zero-order valence-corrected chi connectivity index (χ0v) is 8.69. The molecule has 1 amide bonds. The van der Waals surface area contributed by atoms with Crippen molar-refractivity contribution in [3.8, 4) is 5.75 Å². The smallest absolute Gasteiger partial charge is 0.211 e. The predicted octanol–water partition coefficient (Wildman–Crippen LogP) is 2.30. The fourth-order valence-electron chi connectivity index (χ4n) is 0.949. The molecule has 0 heterocycles. The molecule has 0 saturated heterocycles. The number of anilines is 1. The molecule has 0 aliphatic heterocycles. The Hall–Kier alpha value is -1.17. The van der Waals surface area contributed by atoms with Crippen LogP contribution in [0.25, 0.3) is 0 Å². The Morgan fingerprint density at radius 3 is 2.64 bits per heavy atom. The minimum atomic E-state index is -1.15. The normalized spacial score (nSPS) is 9.71. The number of carbonyl (C=O) groups excluding carboxylic acids is 1. The van der Waals surface area contributed by atoms with Crippen LogP contribution in [-0.4, -0.2) is 13.5 Å². The van der Waals surface area contributed by atoms with Gasteiger partial charge in [-0.25, -0.2) is 4.39 Å². The van der Waals surface area contributed by atoms with Gasteiger partial charge in [0.1, 0.15) is 0 Å². The minimum Gasteiger partial charge on any atom is -0.491 e. The van der Waals surface area contributed by atoms with Gasteiger partial charge in [-0.3, -0.25) is 4.79 Å². The first-order valence-electron chi connectivity index (χ1n) is 3.53. The Morgan fingerprint density at radius 1 is 1.50 bits per heavy atom. The minimum absolute atomic E-state index is 0.0632. The zero-order valence-electron chi connectivity index (χ0n) is 7.11. The van der Waals surface area contributed by atoms with E-state index in [9.17, 15) is 13.6 Å². The van der Waals surface area contributed by atoms with E-state index in [1.165, 1.54) is 13.2 Å². The van der Waals surface area contributed by atoms with Gasteiger partial charge < -0.3 is 10.1 Å². The van der Waals surface area contributed by atoms with Crippen LogP contribution >= 0.6 is 15.9 Å². The van der Waals surface area contributed by atoms with Gasteiger partial charge >= 0.3 is 0 Å². The number of halogens is 3. The van der Waals surface area contributed by atoms with E-state index in [0.29, 0.717) is 6.41 Å². The van der Waals surface area contributed by atoms with Crippen LogP contribution in [0.2, 0.25) is 0 Å². The molecule has 1 rings (SSSR count). The molecule has 1 aromatic carbocycles. The molecular weight excluding hydrogens is 260 g/mol. The first-order chi connectivity index (χ1) is 6.61. The third-order valence-corrected chi connectivity index (χ3v) is 2.11. The van der Waals surface area contributed by atoms with Crippen LogP contribution in [0.3, 0.4) is 0 Å². The van der Waals surface area contributed by atoms with Crippen molar-refractivity contribution in [1.82, 2.24) is 0 Å². The maximum atomic E-state index is 13.2. The summed E-state index contributed by atoms with van der Waals surface area (Å²) in [5.74, 6) is -2.54. The van der Waals surface area contributed by atoms with Gasteiger partial charge in [-0.2, -0.15) is 4.39 Å². The molecule has 3 nitrogen and oxygen atoms in total. The van der Waals surface area contributed by atoms with E-state index >= 15 is 0 Å². The maximum absolute atomic E-state index is 13.2. The molecular formula is C8H6BrF2NO2. The molecule has 0 unspecified atom stereocenters. The highest BCUT2D eigenvalue weighted by atomic mass is 79.9. The molecule has 14 heavy (non-hydrogen) atoms. The van der Waals surface area contributed by atoms with Crippen LogP contribution in [0.15, 0.2) is 10.5 Å². The van der Waals surface area contributed by atoms with Crippen molar-refractivity contribution in [3.05, 3.63) is 22.2 Å². The highest BCUT2D eigenvalue weighted by Gasteiger charge is 2.17. The van der Waals surface area contributed by atoms with Gasteiger partial charge in [-0.05, 0) is 22.0 Å². The molecule has 0 atom stereocenters. The van der Waals surface area contributed by atoms with Crippen LogP contribution in [0.5, 0.6) is 5.75 Å². The summed E-state index contributed by atoms with van der Waals surface area (Å²) in [4.78, 5) is 10.2. The number of methoxy groups -OCH3 is 1. The van der Waals surface area contributed by atoms with Crippen LogP contribution in [-0.2, 0) is 4.79 Å². The van der Waals surface area contributed by atoms with Crippen molar-refractivity contribution in [2.75, 3.05) is 12.4 Å². The summed E-state index contributed by atoms with van der Waals surface area (Å²) in [6.07, 6.45) is 0.349. The lowest BCUT2D eigenvalue weighted by Crippen LogP contribution is -2.01. The lowest BCUT2D eigenvalue weighted by Gasteiger charge is -2.09. The third-order valence-electron chi connectivity index (χ3n) is 1.54. The van der Waals surface area contributed by atoms with Crippen molar-refractivity contribution < 1.29 is 18.3 Å². The summed E-state index contributed by atoms with van der Waals surface area (Å²) in [7, 11) is 1.18. The Bertz CT molecular complexity index is 371. The summed E-state index contributed by atoms with van der Waals surface area (Å²) in [6.45, 7) is 0. The fraction of sp³-hybridized carbons (Fsp3) is 0.125. The third kappa shape index (κ3) is 1.84. The second kappa shape index (κ2) is 4.36. The van der Waals surface area contributed by atoms with E-state index in [-0.39, 0.29) is 15.9 Å². The van der Waals surface area contributed by atoms with E-state index < -0.39 is 11.6 Å². The van der Waals surface area contributed by atoms with Crippen LogP contribution in [0.4, 0.5) is 14.5 Å². The van der Waals surface area contributed by atoms with Gasteiger partial charge in [0.2, 0.25) is 12.2 Å². The van der Waals surface area contributed by atoms with Crippen LogP contribution < -0.4 is 10.1 Å². The number of hydrogen-bond acceptors (Lipinski definition) is 2. The molecule has 0 aliphatic rings. The van der Waals surface area contributed by atoms with Crippen molar-refractivity contribution in [1.29, 1.82) is 0 Å². The largest absolute Gasteiger partial charge is 0.491 e. The van der Waals surface area contributed by atoms with Gasteiger partial charge in [-0.15, -0.1) is 0 Å². The summed E-state index contributed by atoms with van der Waals surface area (Å²) in [5, 5.41) is 2.19. The molecule has 1 N–H and O–H groups in total. The molecule has 0 fully saturated rings. The van der Waals surface area contributed by atoms with Crippen LogP contribution in [0.1, 0.15) is 0 Å². The molecule has 0 radical (unpaired) electrons. The van der Waals surface area contributed by atoms with Gasteiger partial charge in [0.25, 0.3) is 0 Å². The number of amides is 1. The monoisotopic (exact) mass is 265 g/mol. The van der Waals surface area contributed by atoms with Crippen molar-refractivity contribution >= 4 is 28.0 Å². The average molecular weight is 266 g/mol. The lowest BCUT2D eigenvalue weighted by atomic mass is 10.2. The summed E-state index contributed by atoms with van der Waals surface area (Å²) in [6, 6.07) is 1.21. The highest BCUT2D eigenvalue weighted by Crippen LogP contribution is 2.33. The van der Waals surface area contributed by atoms with Crippen molar-refractivity contribution in [3.63, 3.8) is 0 Å². The fourth-order valence-corrected chi connectivity index (χ4v) is 1.35. The predicted molar refractivity (Wildman–Crippen MR) is 50.3 cm³/mol. The SMILES string of the molecule is COc1c(NC=O)cc(Br)c(F)c1F. The van der Waals surface area contributed by atoms with Gasteiger partial charge in [-0.1, -0.05) is 0 Å². The molecule has 76 valence electrons. The van der Waals surface area contributed by atoms with Gasteiger partial charge in [0.15, 0.2) is 11.6 Å². The van der Waals surface area contributed by atoms with E-state index in [1.54, 1.807) is 0 Å². The first kappa shape index (κ1) is 10.9. The number of nitrogens with one attached hydrogen (secondary N) is 1. The van der Waals surface area contributed by atoms with Crippen molar-refractivity contribution in [2.45, 2.75) is 0 Å². The Labute approximate surface area is 87.2 Å². The molecule has 0 spiro atoms. The Balaban J connectivity index is 3.35. The molecule has 1 aromatic rings. The quantitative estimate of drug-likeness (QED) is 0.673.